The van der Waals surface area contributed by atoms with E-state index in [4.69, 9.17) is 0 Å². The van der Waals surface area contributed by atoms with Crippen molar-refractivity contribution >= 4 is 5.97 Å². The van der Waals surface area contributed by atoms with Crippen molar-refractivity contribution < 1.29 is 15.0 Å². The summed E-state index contributed by atoms with van der Waals surface area (Å²) < 4.78 is 0. The van der Waals surface area contributed by atoms with E-state index in [2.05, 4.69) is 48.1 Å². The van der Waals surface area contributed by atoms with E-state index in [1.54, 1.807) is 0 Å². The van der Waals surface area contributed by atoms with E-state index in [0.29, 0.717) is 23.7 Å². The Balaban J connectivity index is 1.56. The molecule has 0 aromatic rings. The summed E-state index contributed by atoms with van der Waals surface area (Å²) >= 11 is 0. The molecule has 0 aliphatic heterocycles. The lowest BCUT2D eigenvalue weighted by atomic mass is 9.32. The van der Waals surface area contributed by atoms with Gasteiger partial charge >= 0.3 is 5.97 Å². The van der Waals surface area contributed by atoms with Gasteiger partial charge in [0.05, 0.1) is 11.5 Å². The molecule has 5 aliphatic carbocycles. The summed E-state index contributed by atoms with van der Waals surface area (Å²) in [6.45, 7) is 18.9. The zero-order valence-corrected chi connectivity index (χ0v) is 22.8. The summed E-state index contributed by atoms with van der Waals surface area (Å²) in [5, 5.41) is 21.6. The van der Waals surface area contributed by atoms with E-state index >= 15 is 0 Å². The maximum Gasteiger partial charge on any atom is 0.309 e. The molecule has 3 heteroatoms. The summed E-state index contributed by atoms with van der Waals surface area (Å²) in [4.78, 5) is 12.8. The lowest BCUT2D eigenvalue weighted by Crippen LogP contribution is -2.67. The standard InChI is InChI=1S/C31H50O3/c1-8-27(4)22-12-15-30(7)23(28(22,5)14-13-24(27)32)10-9-21-25-20(19(2)3)11-16-31(25,26(33)34)18-17-29(21,30)6/h20-25,32H,2,8-18H2,1,3-7H3,(H,33,34)/t20?,21?,22?,23?,24-,25?,27-,28-,29+,30+,31-/m0/s1. The molecule has 0 saturated heterocycles. The van der Waals surface area contributed by atoms with Gasteiger partial charge in [-0.05, 0) is 129 Å². The molecule has 192 valence electrons. The highest BCUT2D eigenvalue weighted by Gasteiger charge is 2.72. The molecular formula is C31H50O3. The molecule has 0 aromatic carbocycles. The van der Waals surface area contributed by atoms with Crippen molar-refractivity contribution in [2.24, 2.45) is 56.7 Å². The molecule has 3 nitrogen and oxygen atoms in total. The number of fused-ring (bicyclic) bond motifs is 7. The van der Waals surface area contributed by atoms with Crippen molar-refractivity contribution in [3.63, 3.8) is 0 Å². The molecule has 0 aromatic heterocycles. The normalized spacial score (nSPS) is 56.6. The summed E-state index contributed by atoms with van der Waals surface area (Å²) in [5.74, 6) is 1.81. The van der Waals surface area contributed by atoms with Crippen LogP contribution >= 0.6 is 0 Å². The Kier molecular flexibility index (Phi) is 5.55. The fourth-order valence-electron chi connectivity index (χ4n) is 11.8. The van der Waals surface area contributed by atoms with Crippen molar-refractivity contribution in [1.29, 1.82) is 0 Å². The third-order valence-electron chi connectivity index (χ3n) is 14.0. The highest BCUT2D eigenvalue weighted by molar-refractivity contribution is 5.76. The largest absolute Gasteiger partial charge is 0.481 e. The van der Waals surface area contributed by atoms with Gasteiger partial charge in [-0.15, -0.1) is 0 Å². The molecule has 0 amide bonds. The van der Waals surface area contributed by atoms with Gasteiger partial charge in [0.25, 0.3) is 0 Å². The number of hydrogen-bond donors (Lipinski definition) is 2. The molecule has 0 heterocycles. The molecule has 5 unspecified atom stereocenters. The summed E-state index contributed by atoms with van der Waals surface area (Å²) in [5.41, 5.74) is 1.40. The maximum atomic E-state index is 12.8. The zero-order valence-electron chi connectivity index (χ0n) is 22.8. The van der Waals surface area contributed by atoms with Crippen LogP contribution in [0.1, 0.15) is 112 Å². The first-order valence-electron chi connectivity index (χ1n) is 14.4. The van der Waals surface area contributed by atoms with Crippen LogP contribution in [-0.4, -0.2) is 22.3 Å². The van der Waals surface area contributed by atoms with E-state index in [0.717, 1.165) is 44.9 Å². The lowest BCUT2D eigenvalue weighted by molar-refractivity contribution is -0.250. The molecular weight excluding hydrogens is 420 g/mol. The first kappa shape index (κ1) is 24.8. The molecule has 5 fully saturated rings. The van der Waals surface area contributed by atoms with E-state index in [9.17, 15) is 15.0 Å². The minimum absolute atomic E-state index is 0.0214. The Bertz CT molecular complexity index is 880. The number of rotatable bonds is 3. The Morgan fingerprint density at radius 1 is 0.882 bits per heavy atom. The van der Waals surface area contributed by atoms with Crippen LogP contribution in [0.5, 0.6) is 0 Å². The highest BCUT2D eigenvalue weighted by Crippen LogP contribution is 2.77. The van der Waals surface area contributed by atoms with Gasteiger partial charge in [0.15, 0.2) is 0 Å². The Morgan fingerprint density at radius 3 is 2.21 bits per heavy atom. The third-order valence-corrected chi connectivity index (χ3v) is 14.0. The van der Waals surface area contributed by atoms with Crippen LogP contribution in [0.25, 0.3) is 0 Å². The van der Waals surface area contributed by atoms with E-state index < -0.39 is 11.4 Å². The first-order chi connectivity index (χ1) is 15.8. The minimum atomic E-state index is -0.536. The summed E-state index contributed by atoms with van der Waals surface area (Å²) in [6, 6.07) is 0. The molecule has 5 aliphatic rings. The number of aliphatic carboxylic acids is 1. The maximum absolute atomic E-state index is 12.8. The van der Waals surface area contributed by atoms with Crippen molar-refractivity contribution in [2.45, 2.75) is 118 Å². The minimum Gasteiger partial charge on any atom is -0.481 e. The molecule has 0 bridgehead atoms. The Hall–Kier alpha value is -0.830. The second-order valence-corrected chi connectivity index (χ2v) is 14.6. The fourth-order valence-corrected chi connectivity index (χ4v) is 11.8. The van der Waals surface area contributed by atoms with Crippen LogP contribution in [0.15, 0.2) is 12.2 Å². The summed E-state index contributed by atoms with van der Waals surface area (Å²) in [6.07, 6.45) is 11.6. The van der Waals surface area contributed by atoms with E-state index in [-0.39, 0.29) is 33.7 Å². The second kappa shape index (κ2) is 7.59. The summed E-state index contributed by atoms with van der Waals surface area (Å²) in [7, 11) is 0. The molecule has 2 N–H and O–H groups in total. The van der Waals surface area contributed by atoms with Gasteiger partial charge in [-0.3, -0.25) is 4.79 Å². The first-order valence-corrected chi connectivity index (χ1v) is 14.4. The Labute approximate surface area is 208 Å². The third kappa shape index (κ3) is 2.77. The van der Waals surface area contributed by atoms with E-state index in [1.165, 1.54) is 31.3 Å². The van der Waals surface area contributed by atoms with Crippen molar-refractivity contribution in [2.75, 3.05) is 0 Å². The number of carboxylic acids is 1. The molecule has 0 spiro atoms. The lowest BCUT2D eigenvalue weighted by Gasteiger charge is -2.73. The van der Waals surface area contributed by atoms with Crippen LogP contribution in [0.2, 0.25) is 0 Å². The fraction of sp³-hybridized carbons (Fsp3) is 0.903. The van der Waals surface area contributed by atoms with Crippen LogP contribution in [0.4, 0.5) is 0 Å². The Morgan fingerprint density at radius 2 is 1.59 bits per heavy atom. The predicted octanol–water partition coefficient (Wildman–Crippen LogP) is 7.48. The van der Waals surface area contributed by atoms with Crippen LogP contribution in [0.3, 0.4) is 0 Å². The van der Waals surface area contributed by atoms with Gasteiger partial charge in [-0.25, -0.2) is 0 Å². The van der Waals surface area contributed by atoms with Crippen LogP contribution in [0, 0.1) is 56.7 Å². The van der Waals surface area contributed by atoms with E-state index in [1.807, 2.05) is 0 Å². The monoisotopic (exact) mass is 470 g/mol. The van der Waals surface area contributed by atoms with Crippen molar-refractivity contribution in [3.8, 4) is 0 Å². The average molecular weight is 471 g/mol. The average Bonchev–Trinajstić information content (AvgIpc) is 3.18. The van der Waals surface area contributed by atoms with Gasteiger partial charge in [0.2, 0.25) is 0 Å². The number of allylic oxidation sites excluding steroid dienone is 1. The van der Waals surface area contributed by atoms with Gasteiger partial charge in [0, 0.05) is 0 Å². The highest BCUT2D eigenvalue weighted by atomic mass is 16.4. The smallest absolute Gasteiger partial charge is 0.309 e. The molecule has 11 atom stereocenters. The molecule has 34 heavy (non-hydrogen) atoms. The van der Waals surface area contributed by atoms with Gasteiger partial charge in [-0.2, -0.15) is 0 Å². The van der Waals surface area contributed by atoms with Crippen molar-refractivity contribution in [3.05, 3.63) is 12.2 Å². The van der Waals surface area contributed by atoms with Gasteiger partial charge < -0.3 is 10.2 Å². The van der Waals surface area contributed by atoms with Gasteiger partial charge in [-0.1, -0.05) is 46.8 Å². The van der Waals surface area contributed by atoms with Crippen molar-refractivity contribution in [1.82, 2.24) is 0 Å². The number of carbonyl (C=O) groups is 1. The second-order valence-electron chi connectivity index (χ2n) is 14.6. The number of carboxylic acid groups (broad SMARTS) is 1. The van der Waals surface area contributed by atoms with Crippen LogP contribution in [-0.2, 0) is 4.79 Å². The zero-order chi connectivity index (χ0) is 24.9. The number of aliphatic hydroxyl groups is 1. The number of aliphatic hydroxyl groups excluding tert-OH is 1. The molecule has 0 radical (unpaired) electrons. The quantitative estimate of drug-likeness (QED) is 0.420. The predicted molar refractivity (Wildman–Crippen MR) is 137 cm³/mol. The topological polar surface area (TPSA) is 57.5 Å². The SMILES string of the molecule is C=C(C)C1CC[C@]2(C(=O)O)CC[C@]3(C)C(CCC4[C@@]5(C)CC[C@H](O)[C@@](C)(CC)C5CC[C@]43C)C12. The molecule has 5 rings (SSSR count). The van der Waals surface area contributed by atoms with Crippen LogP contribution < -0.4 is 0 Å². The number of hydrogen-bond acceptors (Lipinski definition) is 2. The van der Waals surface area contributed by atoms with Gasteiger partial charge in [0.1, 0.15) is 0 Å². The molecule has 5 saturated carbocycles.